The first-order chi connectivity index (χ1) is 6.61. The van der Waals surface area contributed by atoms with Crippen molar-refractivity contribution in [2.45, 2.75) is 33.2 Å². The quantitative estimate of drug-likeness (QED) is 0.491. The van der Waals surface area contributed by atoms with Crippen LogP contribution >= 0.6 is 0 Å². The fourth-order valence-corrected chi connectivity index (χ4v) is 1.31. The molecule has 0 bridgehead atoms. The predicted molar refractivity (Wildman–Crippen MR) is 63.2 cm³/mol. The van der Waals surface area contributed by atoms with Crippen LogP contribution in [-0.4, -0.2) is 37.6 Å². The van der Waals surface area contributed by atoms with Crippen LogP contribution in [0.5, 0.6) is 0 Å². The van der Waals surface area contributed by atoms with Crippen LogP contribution in [0.1, 0.15) is 27.2 Å². The SMILES string of the molecule is C#CCNCC(C)N(C)CC(C)CC. The van der Waals surface area contributed by atoms with Crippen molar-refractivity contribution in [2.75, 3.05) is 26.7 Å². The Balaban J connectivity index is 3.65. The minimum atomic E-state index is 0.553. The lowest BCUT2D eigenvalue weighted by Crippen LogP contribution is -2.40. The Labute approximate surface area is 89.1 Å². The maximum Gasteiger partial charge on any atom is 0.0574 e. The number of nitrogens with one attached hydrogen (secondary N) is 1. The van der Waals surface area contributed by atoms with Gasteiger partial charge >= 0.3 is 0 Å². The zero-order valence-electron chi connectivity index (χ0n) is 10.0. The first-order valence-electron chi connectivity index (χ1n) is 5.46. The molecule has 0 spiro atoms. The van der Waals surface area contributed by atoms with Gasteiger partial charge in [0.05, 0.1) is 6.54 Å². The Kier molecular flexibility index (Phi) is 7.55. The summed E-state index contributed by atoms with van der Waals surface area (Å²) < 4.78 is 0. The fraction of sp³-hybridized carbons (Fsp3) is 0.833. The number of rotatable bonds is 7. The molecular formula is C12H24N2. The average molecular weight is 196 g/mol. The molecule has 0 fully saturated rings. The zero-order valence-corrected chi connectivity index (χ0v) is 10.0. The third-order valence-corrected chi connectivity index (χ3v) is 2.72. The Morgan fingerprint density at radius 2 is 2.07 bits per heavy atom. The highest BCUT2D eigenvalue weighted by molar-refractivity contribution is 4.87. The van der Waals surface area contributed by atoms with Gasteiger partial charge in [-0.15, -0.1) is 6.42 Å². The van der Waals surface area contributed by atoms with E-state index in [9.17, 15) is 0 Å². The van der Waals surface area contributed by atoms with Gasteiger partial charge < -0.3 is 10.2 Å². The summed E-state index contributed by atoms with van der Waals surface area (Å²) in [6.45, 7) is 9.55. The third-order valence-electron chi connectivity index (χ3n) is 2.72. The first kappa shape index (κ1) is 13.5. The van der Waals surface area contributed by atoms with Gasteiger partial charge in [-0.25, -0.2) is 0 Å². The van der Waals surface area contributed by atoms with Crippen LogP contribution in [0, 0.1) is 18.3 Å². The predicted octanol–water partition coefficient (Wildman–Crippen LogP) is 1.58. The van der Waals surface area contributed by atoms with E-state index in [4.69, 9.17) is 6.42 Å². The number of hydrogen-bond donors (Lipinski definition) is 1. The summed E-state index contributed by atoms with van der Waals surface area (Å²) in [5.41, 5.74) is 0. The molecule has 0 amide bonds. The van der Waals surface area contributed by atoms with Gasteiger partial charge in [0.15, 0.2) is 0 Å². The van der Waals surface area contributed by atoms with Crippen LogP contribution in [0.2, 0.25) is 0 Å². The molecule has 14 heavy (non-hydrogen) atoms. The van der Waals surface area contributed by atoms with E-state index in [-0.39, 0.29) is 0 Å². The summed E-state index contributed by atoms with van der Waals surface area (Å²) >= 11 is 0. The molecule has 82 valence electrons. The van der Waals surface area contributed by atoms with E-state index in [2.05, 4.69) is 44.0 Å². The van der Waals surface area contributed by atoms with Gasteiger partial charge in [-0.05, 0) is 19.9 Å². The molecule has 0 aromatic rings. The lowest BCUT2D eigenvalue weighted by molar-refractivity contribution is 0.218. The molecule has 1 N–H and O–H groups in total. The molecule has 2 unspecified atom stereocenters. The zero-order chi connectivity index (χ0) is 11.0. The average Bonchev–Trinajstić information content (AvgIpc) is 2.17. The van der Waals surface area contributed by atoms with Crippen molar-refractivity contribution in [2.24, 2.45) is 5.92 Å². The number of nitrogens with zero attached hydrogens (tertiary/aromatic N) is 1. The Morgan fingerprint density at radius 3 is 2.57 bits per heavy atom. The van der Waals surface area contributed by atoms with Crippen molar-refractivity contribution in [3.05, 3.63) is 0 Å². The molecule has 0 rings (SSSR count). The minimum absolute atomic E-state index is 0.553. The Bertz CT molecular complexity index is 172. The van der Waals surface area contributed by atoms with Crippen molar-refractivity contribution >= 4 is 0 Å². The molecule has 0 aliphatic rings. The minimum Gasteiger partial charge on any atom is -0.305 e. The molecule has 0 aromatic carbocycles. The molecule has 0 aliphatic carbocycles. The van der Waals surface area contributed by atoms with E-state index < -0.39 is 0 Å². The summed E-state index contributed by atoms with van der Waals surface area (Å²) in [5.74, 6) is 3.36. The summed E-state index contributed by atoms with van der Waals surface area (Å²) in [6.07, 6.45) is 6.41. The molecule has 2 heteroatoms. The maximum atomic E-state index is 5.17. The Morgan fingerprint density at radius 1 is 1.43 bits per heavy atom. The van der Waals surface area contributed by atoms with Crippen LogP contribution in [0.25, 0.3) is 0 Å². The van der Waals surface area contributed by atoms with E-state index in [0.29, 0.717) is 12.6 Å². The van der Waals surface area contributed by atoms with Crippen molar-refractivity contribution in [3.63, 3.8) is 0 Å². The molecule has 2 nitrogen and oxygen atoms in total. The summed E-state index contributed by atoms with van der Waals surface area (Å²) in [4.78, 5) is 2.39. The molecule has 0 aromatic heterocycles. The van der Waals surface area contributed by atoms with Crippen molar-refractivity contribution < 1.29 is 0 Å². The third kappa shape index (κ3) is 6.01. The van der Waals surface area contributed by atoms with Gasteiger partial charge in [-0.3, -0.25) is 0 Å². The van der Waals surface area contributed by atoms with Crippen LogP contribution < -0.4 is 5.32 Å². The van der Waals surface area contributed by atoms with E-state index in [1.165, 1.54) is 6.42 Å². The second-order valence-corrected chi connectivity index (χ2v) is 4.14. The standard InChI is InChI=1S/C12H24N2/c1-6-8-13-9-12(4)14(5)10-11(3)7-2/h1,11-13H,7-10H2,2-5H3. The highest BCUT2D eigenvalue weighted by atomic mass is 15.1. The first-order valence-corrected chi connectivity index (χ1v) is 5.46. The highest BCUT2D eigenvalue weighted by Gasteiger charge is 2.10. The summed E-state index contributed by atoms with van der Waals surface area (Å²) in [7, 11) is 2.17. The van der Waals surface area contributed by atoms with Gasteiger partial charge in [0, 0.05) is 19.1 Å². The number of terminal acetylenes is 1. The monoisotopic (exact) mass is 196 g/mol. The topological polar surface area (TPSA) is 15.3 Å². The number of likely N-dealkylation sites (N-methyl/N-ethyl adjacent to an activating group) is 1. The summed E-state index contributed by atoms with van der Waals surface area (Å²) in [5, 5.41) is 3.23. The molecule has 0 aliphatic heterocycles. The molecule has 2 atom stereocenters. The molecule has 0 saturated carbocycles. The van der Waals surface area contributed by atoms with Crippen LogP contribution in [0.3, 0.4) is 0 Å². The Hall–Kier alpha value is -0.520. The second-order valence-electron chi connectivity index (χ2n) is 4.14. The molecule has 0 heterocycles. The van der Waals surface area contributed by atoms with Crippen LogP contribution in [0.4, 0.5) is 0 Å². The van der Waals surface area contributed by atoms with Gasteiger partial charge in [0.2, 0.25) is 0 Å². The largest absolute Gasteiger partial charge is 0.305 e. The molecule has 0 radical (unpaired) electrons. The van der Waals surface area contributed by atoms with Gasteiger partial charge in [-0.1, -0.05) is 26.2 Å². The highest BCUT2D eigenvalue weighted by Crippen LogP contribution is 2.05. The molecule has 0 saturated heterocycles. The van der Waals surface area contributed by atoms with E-state index in [1.807, 2.05) is 0 Å². The van der Waals surface area contributed by atoms with Gasteiger partial charge in [-0.2, -0.15) is 0 Å². The van der Waals surface area contributed by atoms with Gasteiger partial charge in [0.1, 0.15) is 0 Å². The smallest absolute Gasteiger partial charge is 0.0574 e. The normalized spacial score (nSPS) is 15.1. The van der Waals surface area contributed by atoms with Crippen molar-refractivity contribution in [1.29, 1.82) is 0 Å². The maximum absolute atomic E-state index is 5.17. The van der Waals surface area contributed by atoms with E-state index in [0.717, 1.165) is 19.0 Å². The van der Waals surface area contributed by atoms with E-state index >= 15 is 0 Å². The summed E-state index contributed by atoms with van der Waals surface area (Å²) in [6, 6.07) is 0.553. The van der Waals surface area contributed by atoms with Crippen LogP contribution in [-0.2, 0) is 0 Å². The lowest BCUT2D eigenvalue weighted by Gasteiger charge is -2.27. The van der Waals surface area contributed by atoms with Crippen molar-refractivity contribution in [1.82, 2.24) is 10.2 Å². The number of hydrogen-bond acceptors (Lipinski definition) is 2. The second kappa shape index (κ2) is 7.84. The lowest BCUT2D eigenvalue weighted by atomic mass is 10.1. The van der Waals surface area contributed by atoms with Gasteiger partial charge in [0.25, 0.3) is 0 Å². The molecular weight excluding hydrogens is 172 g/mol. The van der Waals surface area contributed by atoms with Crippen molar-refractivity contribution in [3.8, 4) is 12.3 Å². The van der Waals surface area contributed by atoms with E-state index in [1.54, 1.807) is 0 Å². The fourth-order valence-electron chi connectivity index (χ4n) is 1.31. The van der Waals surface area contributed by atoms with Crippen LogP contribution in [0.15, 0.2) is 0 Å².